The SMILES string of the molecule is COc1ccc(CN2CCOC3(CN(Cc4cccnc4)CC3c3cccnc3)C2=O)cc1. The summed E-state index contributed by atoms with van der Waals surface area (Å²) in [6.07, 6.45) is 7.28. The number of amides is 1. The number of rotatable bonds is 6. The Morgan fingerprint density at radius 1 is 1.03 bits per heavy atom. The van der Waals surface area contributed by atoms with Crippen LogP contribution in [0.1, 0.15) is 22.6 Å². The molecule has 1 spiro atoms. The first-order valence-electron chi connectivity index (χ1n) is 11.3. The van der Waals surface area contributed by atoms with Gasteiger partial charge in [0.15, 0.2) is 5.60 Å². The lowest BCUT2D eigenvalue weighted by atomic mass is 9.83. The van der Waals surface area contributed by atoms with Crippen LogP contribution in [0.15, 0.2) is 73.3 Å². The van der Waals surface area contributed by atoms with E-state index in [9.17, 15) is 4.79 Å². The minimum Gasteiger partial charge on any atom is -0.497 e. The lowest BCUT2D eigenvalue weighted by molar-refractivity contribution is -0.173. The normalized spacial score (nSPS) is 23.2. The van der Waals surface area contributed by atoms with Crippen LogP contribution in [-0.4, -0.2) is 64.6 Å². The Labute approximate surface area is 194 Å². The molecule has 2 aliphatic rings. The van der Waals surface area contributed by atoms with Gasteiger partial charge in [-0.2, -0.15) is 0 Å². The molecular weight excluding hydrogens is 416 g/mol. The van der Waals surface area contributed by atoms with Crippen LogP contribution in [0.4, 0.5) is 0 Å². The molecular formula is C26H28N4O3. The number of methoxy groups -OCH3 is 1. The number of hydrogen-bond acceptors (Lipinski definition) is 6. The maximum absolute atomic E-state index is 14.0. The van der Waals surface area contributed by atoms with Crippen molar-refractivity contribution in [2.45, 2.75) is 24.6 Å². The van der Waals surface area contributed by atoms with Gasteiger partial charge in [-0.05, 0) is 41.0 Å². The van der Waals surface area contributed by atoms with Crippen LogP contribution < -0.4 is 4.74 Å². The molecule has 7 nitrogen and oxygen atoms in total. The number of carbonyl (C=O) groups is 1. The van der Waals surface area contributed by atoms with Gasteiger partial charge in [0.2, 0.25) is 0 Å². The molecule has 33 heavy (non-hydrogen) atoms. The van der Waals surface area contributed by atoms with E-state index in [0.717, 1.165) is 35.5 Å². The first-order valence-corrected chi connectivity index (χ1v) is 11.3. The number of hydrogen-bond donors (Lipinski definition) is 0. The fourth-order valence-corrected chi connectivity index (χ4v) is 4.97. The van der Waals surface area contributed by atoms with Gasteiger partial charge in [0.1, 0.15) is 5.75 Å². The minimum absolute atomic E-state index is 0.0482. The molecule has 2 fully saturated rings. The molecule has 0 saturated carbocycles. The average Bonchev–Trinajstić information content (AvgIpc) is 3.22. The standard InChI is InChI=1S/C26H28N4O3/c1-32-23-8-6-20(7-9-23)17-30-12-13-33-26(25(30)31)19-29(16-21-4-2-10-27-14-21)18-24(26)22-5-3-11-28-15-22/h2-11,14-15,24H,12-13,16-19H2,1H3. The molecule has 0 bridgehead atoms. The smallest absolute Gasteiger partial charge is 0.257 e. The first kappa shape index (κ1) is 21.6. The summed E-state index contributed by atoms with van der Waals surface area (Å²) >= 11 is 0. The van der Waals surface area contributed by atoms with Gasteiger partial charge in [-0.25, -0.2) is 0 Å². The zero-order valence-corrected chi connectivity index (χ0v) is 18.8. The van der Waals surface area contributed by atoms with E-state index in [2.05, 4.69) is 20.9 Å². The number of nitrogens with zero attached hydrogens (tertiary/aromatic N) is 4. The van der Waals surface area contributed by atoms with Gasteiger partial charge in [-0.1, -0.05) is 24.3 Å². The number of ether oxygens (including phenoxy) is 2. The van der Waals surface area contributed by atoms with Crippen LogP contribution in [0.3, 0.4) is 0 Å². The molecule has 0 aliphatic carbocycles. The van der Waals surface area contributed by atoms with E-state index < -0.39 is 5.60 Å². The number of likely N-dealkylation sites (tertiary alicyclic amines) is 1. The van der Waals surface area contributed by atoms with Crippen molar-refractivity contribution >= 4 is 5.91 Å². The molecule has 3 aromatic rings. The molecule has 4 heterocycles. The summed E-state index contributed by atoms with van der Waals surface area (Å²) in [6.45, 7) is 3.63. The topological polar surface area (TPSA) is 67.8 Å². The summed E-state index contributed by atoms with van der Waals surface area (Å²) < 4.78 is 11.6. The van der Waals surface area contributed by atoms with Crippen molar-refractivity contribution < 1.29 is 14.3 Å². The van der Waals surface area contributed by atoms with Crippen molar-refractivity contribution in [3.8, 4) is 5.75 Å². The van der Waals surface area contributed by atoms with E-state index in [1.54, 1.807) is 19.5 Å². The molecule has 2 aromatic heterocycles. The first-order chi connectivity index (χ1) is 16.2. The summed E-state index contributed by atoms with van der Waals surface area (Å²) in [7, 11) is 1.65. The van der Waals surface area contributed by atoms with Crippen molar-refractivity contribution in [2.75, 3.05) is 33.4 Å². The zero-order valence-electron chi connectivity index (χ0n) is 18.8. The largest absolute Gasteiger partial charge is 0.497 e. The van der Waals surface area contributed by atoms with Crippen LogP contribution in [-0.2, 0) is 22.6 Å². The van der Waals surface area contributed by atoms with Crippen molar-refractivity contribution in [1.82, 2.24) is 19.8 Å². The van der Waals surface area contributed by atoms with Crippen molar-refractivity contribution in [2.24, 2.45) is 0 Å². The molecule has 2 saturated heterocycles. The summed E-state index contributed by atoms with van der Waals surface area (Å²) in [6, 6.07) is 15.9. The van der Waals surface area contributed by atoms with Crippen LogP contribution in [0.5, 0.6) is 5.75 Å². The number of pyridine rings is 2. The Morgan fingerprint density at radius 2 is 1.82 bits per heavy atom. The summed E-state index contributed by atoms with van der Waals surface area (Å²) in [4.78, 5) is 26.8. The summed E-state index contributed by atoms with van der Waals surface area (Å²) in [5.74, 6) is 0.767. The van der Waals surface area contributed by atoms with Gasteiger partial charge in [-0.3, -0.25) is 19.7 Å². The van der Waals surface area contributed by atoms with E-state index in [4.69, 9.17) is 9.47 Å². The highest BCUT2D eigenvalue weighted by Crippen LogP contribution is 2.42. The summed E-state index contributed by atoms with van der Waals surface area (Å²) in [5, 5.41) is 0. The molecule has 2 aliphatic heterocycles. The highest BCUT2D eigenvalue weighted by molar-refractivity contribution is 5.88. The Bertz CT molecular complexity index is 1080. The molecule has 0 radical (unpaired) electrons. The van der Waals surface area contributed by atoms with Crippen molar-refractivity contribution in [3.05, 3.63) is 90.0 Å². The monoisotopic (exact) mass is 444 g/mol. The van der Waals surface area contributed by atoms with Gasteiger partial charge < -0.3 is 14.4 Å². The fraction of sp³-hybridized carbons (Fsp3) is 0.346. The van der Waals surface area contributed by atoms with E-state index in [1.807, 2.05) is 59.8 Å². The van der Waals surface area contributed by atoms with Gasteiger partial charge in [0.25, 0.3) is 5.91 Å². The highest BCUT2D eigenvalue weighted by Gasteiger charge is 2.56. The lowest BCUT2D eigenvalue weighted by Gasteiger charge is -2.42. The quantitative estimate of drug-likeness (QED) is 0.583. The van der Waals surface area contributed by atoms with Gasteiger partial charge in [0.05, 0.1) is 13.7 Å². The molecule has 5 rings (SSSR count). The third kappa shape index (κ3) is 4.34. The second-order valence-electron chi connectivity index (χ2n) is 8.68. The van der Waals surface area contributed by atoms with Crippen molar-refractivity contribution in [1.29, 1.82) is 0 Å². The average molecular weight is 445 g/mol. The van der Waals surface area contributed by atoms with Crippen LogP contribution in [0.25, 0.3) is 0 Å². The van der Waals surface area contributed by atoms with Gasteiger partial charge in [-0.15, -0.1) is 0 Å². The van der Waals surface area contributed by atoms with E-state index in [1.165, 1.54) is 0 Å². The molecule has 2 atom stereocenters. The minimum atomic E-state index is -0.921. The van der Waals surface area contributed by atoms with E-state index in [-0.39, 0.29) is 11.8 Å². The van der Waals surface area contributed by atoms with Gasteiger partial charge in [0, 0.05) is 63.4 Å². The molecule has 170 valence electrons. The predicted molar refractivity (Wildman–Crippen MR) is 124 cm³/mol. The number of benzene rings is 1. The Balaban J connectivity index is 1.42. The van der Waals surface area contributed by atoms with Crippen LogP contribution in [0, 0.1) is 0 Å². The second-order valence-corrected chi connectivity index (χ2v) is 8.68. The molecule has 2 unspecified atom stereocenters. The van der Waals surface area contributed by atoms with E-state index in [0.29, 0.717) is 26.2 Å². The van der Waals surface area contributed by atoms with E-state index >= 15 is 0 Å². The zero-order chi connectivity index (χ0) is 22.7. The maximum Gasteiger partial charge on any atom is 0.257 e. The lowest BCUT2D eigenvalue weighted by Crippen LogP contribution is -2.59. The maximum atomic E-state index is 14.0. The number of carbonyl (C=O) groups excluding carboxylic acids is 1. The van der Waals surface area contributed by atoms with Gasteiger partial charge >= 0.3 is 0 Å². The van der Waals surface area contributed by atoms with Crippen LogP contribution in [0.2, 0.25) is 0 Å². The molecule has 1 amide bonds. The third-order valence-corrected chi connectivity index (χ3v) is 6.58. The fourth-order valence-electron chi connectivity index (χ4n) is 4.97. The highest BCUT2D eigenvalue weighted by atomic mass is 16.5. The van der Waals surface area contributed by atoms with Crippen LogP contribution >= 0.6 is 0 Å². The Hall–Kier alpha value is -3.29. The Morgan fingerprint density at radius 3 is 2.52 bits per heavy atom. The molecule has 7 heteroatoms. The molecule has 1 aromatic carbocycles. The number of aromatic nitrogens is 2. The second kappa shape index (κ2) is 9.29. The summed E-state index contributed by atoms with van der Waals surface area (Å²) in [5.41, 5.74) is 2.31. The Kier molecular flexibility index (Phi) is 6.07. The molecule has 0 N–H and O–H groups in total. The van der Waals surface area contributed by atoms with Crippen molar-refractivity contribution in [3.63, 3.8) is 0 Å². The third-order valence-electron chi connectivity index (χ3n) is 6.58. The predicted octanol–water partition coefficient (Wildman–Crippen LogP) is 2.88. The number of morpholine rings is 1.